The molecule has 4 rings (SSSR count). The van der Waals surface area contributed by atoms with Crippen LogP contribution in [-0.2, 0) is 11.2 Å². The van der Waals surface area contributed by atoms with E-state index in [1.54, 1.807) is 18.2 Å². The lowest BCUT2D eigenvalue weighted by atomic mass is 10.1. The molecule has 1 heterocycles. The van der Waals surface area contributed by atoms with E-state index in [2.05, 4.69) is 22.5 Å². The maximum absolute atomic E-state index is 12.8. The topological polar surface area (TPSA) is 70.7 Å². The molecule has 6 heteroatoms. The van der Waals surface area contributed by atoms with Crippen molar-refractivity contribution in [3.8, 4) is 11.5 Å². The Morgan fingerprint density at radius 1 is 0.917 bits per heavy atom. The summed E-state index contributed by atoms with van der Waals surface area (Å²) in [6.07, 6.45) is 3.42. The van der Waals surface area contributed by atoms with Crippen LogP contribution in [0.3, 0.4) is 0 Å². The summed E-state index contributed by atoms with van der Waals surface area (Å²) in [5.74, 6) is 0.891. The van der Waals surface area contributed by atoms with Crippen molar-refractivity contribution in [1.29, 1.82) is 0 Å². The Kier molecular flexibility index (Phi) is 8.74. The van der Waals surface area contributed by atoms with E-state index in [9.17, 15) is 9.59 Å². The van der Waals surface area contributed by atoms with Crippen molar-refractivity contribution in [2.75, 3.05) is 31.5 Å². The van der Waals surface area contributed by atoms with Gasteiger partial charge in [-0.15, -0.1) is 0 Å². The predicted molar refractivity (Wildman–Crippen MR) is 144 cm³/mol. The molecule has 1 aliphatic rings. The molecule has 188 valence electrons. The molecule has 3 aromatic carbocycles. The number of nitrogens with one attached hydrogen (secondary N) is 2. The monoisotopic (exact) mass is 485 g/mol. The number of hydrogen-bond donors (Lipinski definition) is 2. The van der Waals surface area contributed by atoms with E-state index in [4.69, 9.17) is 4.74 Å². The molecule has 1 aliphatic heterocycles. The Morgan fingerprint density at radius 2 is 1.69 bits per heavy atom. The van der Waals surface area contributed by atoms with E-state index in [1.807, 2.05) is 55.5 Å². The van der Waals surface area contributed by atoms with Gasteiger partial charge in [-0.2, -0.15) is 0 Å². The van der Waals surface area contributed by atoms with Crippen LogP contribution in [0, 0.1) is 13.8 Å². The van der Waals surface area contributed by atoms with Crippen LogP contribution in [-0.4, -0.2) is 42.9 Å². The molecule has 0 radical (unpaired) electrons. The highest BCUT2D eigenvalue weighted by Crippen LogP contribution is 2.32. The van der Waals surface area contributed by atoms with Crippen LogP contribution in [0.5, 0.6) is 11.5 Å². The van der Waals surface area contributed by atoms with E-state index in [0.717, 1.165) is 30.8 Å². The molecular weight excluding hydrogens is 450 g/mol. The third-order valence-electron chi connectivity index (χ3n) is 6.62. The van der Waals surface area contributed by atoms with Gasteiger partial charge < -0.3 is 20.3 Å². The number of hydrogen-bond acceptors (Lipinski definition) is 4. The molecule has 0 saturated carbocycles. The zero-order valence-corrected chi connectivity index (χ0v) is 21.2. The van der Waals surface area contributed by atoms with Crippen molar-refractivity contribution in [2.45, 2.75) is 39.5 Å². The fourth-order valence-corrected chi connectivity index (χ4v) is 4.31. The first-order valence-electron chi connectivity index (χ1n) is 12.7. The summed E-state index contributed by atoms with van der Waals surface area (Å²) in [5.41, 5.74) is 4.37. The van der Waals surface area contributed by atoms with Gasteiger partial charge in [0.2, 0.25) is 5.91 Å². The van der Waals surface area contributed by atoms with E-state index >= 15 is 0 Å². The Hall–Kier alpha value is -3.64. The molecule has 3 aromatic rings. The van der Waals surface area contributed by atoms with Crippen molar-refractivity contribution in [3.05, 3.63) is 89.0 Å². The Morgan fingerprint density at radius 3 is 2.44 bits per heavy atom. The molecule has 36 heavy (non-hydrogen) atoms. The molecular formula is C30H35N3O3. The van der Waals surface area contributed by atoms with Crippen LogP contribution in [0.15, 0.2) is 66.7 Å². The fourth-order valence-electron chi connectivity index (χ4n) is 4.31. The van der Waals surface area contributed by atoms with Crippen molar-refractivity contribution in [3.63, 3.8) is 0 Å². The van der Waals surface area contributed by atoms with E-state index in [0.29, 0.717) is 42.1 Å². The SMILES string of the molecule is Cc1ccc(Oc2ccc(C(=O)NCCN3CCCC3)cc2NC(=O)CCc2ccccc2)cc1C. The first-order valence-corrected chi connectivity index (χ1v) is 12.7. The molecule has 1 saturated heterocycles. The maximum atomic E-state index is 12.8. The van der Waals surface area contributed by atoms with Gasteiger partial charge >= 0.3 is 0 Å². The minimum atomic E-state index is -0.160. The third-order valence-corrected chi connectivity index (χ3v) is 6.62. The van der Waals surface area contributed by atoms with Crippen LogP contribution in [0.4, 0.5) is 5.69 Å². The van der Waals surface area contributed by atoms with E-state index < -0.39 is 0 Å². The lowest BCUT2D eigenvalue weighted by molar-refractivity contribution is -0.116. The Labute approximate surface area is 213 Å². The van der Waals surface area contributed by atoms with Gasteiger partial charge in [0.25, 0.3) is 5.91 Å². The fraction of sp³-hybridized carbons (Fsp3) is 0.333. The third kappa shape index (κ3) is 7.18. The molecule has 1 fully saturated rings. The zero-order chi connectivity index (χ0) is 25.3. The quantitative estimate of drug-likeness (QED) is 0.398. The van der Waals surface area contributed by atoms with Crippen molar-refractivity contribution < 1.29 is 14.3 Å². The molecule has 0 bridgehead atoms. The highest BCUT2D eigenvalue weighted by Gasteiger charge is 2.15. The molecule has 0 spiro atoms. The summed E-state index contributed by atoms with van der Waals surface area (Å²) in [5, 5.41) is 5.97. The minimum Gasteiger partial charge on any atom is -0.455 e. The van der Waals surface area contributed by atoms with Gasteiger partial charge in [0.15, 0.2) is 5.75 Å². The number of rotatable bonds is 10. The molecule has 6 nitrogen and oxygen atoms in total. The summed E-state index contributed by atoms with van der Waals surface area (Å²) in [7, 11) is 0. The second kappa shape index (κ2) is 12.4. The highest BCUT2D eigenvalue weighted by molar-refractivity contribution is 5.98. The van der Waals surface area contributed by atoms with Crippen LogP contribution in [0.1, 0.15) is 46.3 Å². The Balaban J connectivity index is 1.47. The number of aryl methyl sites for hydroxylation is 3. The standard InChI is InChI=1S/C30H35N3O3/c1-22-10-13-26(20-23(22)2)36-28-14-12-25(30(35)31-16-19-33-17-6-7-18-33)21-27(28)32-29(34)15-11-24-8-4-3-5-9-24/h3-5,8-10,12-14,20-21H,6-7,11,15-19H2,1-2H3,(H,31,35)(H,32,34). The number of benzene rings is 3. The summed E-state index contributed by atoms with van der Waals surface area (Å²) in [6.45, 7) is 7.72. The number of carbonyl (C=O) groups is 2. The molecule has 2 amide bonds. The largest absolute Gasteiger partial charge is 0.455 e. The second-order valence-electron chi connectivity index (χ2n) is 9.40. The van der Waals surface area contributed by atoms with Gasteiger partial charge in [0, 0.05) is 25.1 Å². The average molecular weight is 486 g/mol. The first-order chi connectivity index (χ1) is 17.5. The predicted octanol–water partition coefficient (Wildman–Crippen LogP) is 5.49. The van der Waals surface area contributed by atoms with Crippen LogP contribution in [0.25, 0.3) is 0 Å². The van der Waals surface area contributed by atoms with Gasteiger partial charge in [-0.1, -0.05) is 36.4 Å². The molecule has 0 aromatic heterocycles. The van der Waals surface area contributed by atoms with E-state index in [1.165, 1.54) is 18.4 Å². The highest BCUT2D eigenvalue weighted by atomic mass is 16.5. The van der Waals surface area contributed by atoms with Gasteiger partial charge in [-0.05, 0) is 93.2 Å². The van der Waals surface area contributed by atoms with Crippen LogP contribution < -0.4 is 15.4 Å². The molecule has 0 aliphatic carbocycles. The number of ether oxygens (including phenoxy) is 1. The normalized spacial score (nSPS) is 13.4. The maximum Gasteiger partial charge on any atom is 0.251 e. The summed E-state index contributed by atoms with van der Waals surface area (Å²) < 4.78 is 6.14. The van der Waals surface area contributed by atoms with Crippen molar-refractivity contribution >= 4 is 17.5 Å². The Bertz CT molecular complexity index is 1190. The number of anilines is 1. The van der Waals surface area contributed by atoms with Crippen LogP contribution >= 0.6 is 0 Å². The molecule has 0 atom stereocenters. The first kappa shape index (κ1) is 25.5. The van der Waals surface area contributed by atoms with E-state index in [-0.39, 0.29) is 11.8 Å². The van der Waals surface area contributed by atoms with Gasteiger partial charge in [0.1, 0.15) is 5.75 Å². The summed E-state index contributed by atoms with van der Waals surface area (Å²) in [6, 6.07) is 21.0. The average Bonchev–Trinajstić information content (AvgIpc) is 3.40. The second-order valence-corrected chi connectivity index (χ2v) is 9.40. The zero-order valence-electron chi connectivity index (χ0n) is 21.2. The number of likely N-dealkylation sites (tertiary alicyclic amines) is 1. The minimum absolute atomic E-state index is 0.129. The van der Waals surface area contributed by atoms with Crippen molar-refractivity contribution in [1.82, 2.24) is 10.2 Å². The van der Waals surface area contributed by atoms with Gasteiger partial charge in [-0.25, -0.2) is 0 Å². The smallest absolute Gasteiger partial charge is 0.251 e. The molecule has 0 unspecified atom stereocenters. The lowest BCUT2D eigenvalue weighted by Gasteiger charge is -2.16. The number of amides is 2. The summed E-state index contributed by atoms with van der Waals surface area (Å²) >= 11 is 0. The number of carbonyl (C=O) groups excluding carboxylic acids is 2. The van der Waals surface area contributed by atoms with Gasteiger partial charge in [0.05, 0.1) is 5.69 Å². The lowest BCUT2D eigenvalue weighted by Crippen LogP contribution is -2.33. The van der Waals surface area contributed by atoms with Gasteiger partial charge in [-0.3, -0.25) is 9.59 Å². The van der Waals surface area contributed by atoms with Crippen LogP contribution in [0.2, 0.25) is 0 Å². The molecule has 2 N–H and O–H groups in total. The summed E-state index contributed by atoms with van der Waals surface area (Å²) in [4.78, 5) is 28.0. The number of nitrogens with zero attached hydrogens (tertiary/aromatic N) is 1. The van der Waals surface area contributed by atoms with Crippen molar-refractivity contribution in [2.24, 2.45) is 0 Å².